The lowest BCUT2D eigenvalue weighted by molar-refractivity contribution is 0.0485. The largest absolute Gasteiger partial charge is 0.445 e. The summed E-state index contributed by atoms with van der Waals surface area (Å²) in [5, 5.41) is 13.9. The van der Waals surface area contributed by atoms with Crippen LogP contribution in [0.3, 0.4) is 0 Å². The molecule has 1 aliphatic carbocycles. The molecule has 0 radical (unpaired) electrons. The van der Waals surface area contributed by atoms with Gasteiger partial charge in [-0.2, -0.15) is 0 Å². The molecule has 0 spiro atoms. The number of nitrogens with zero attached hydrogens (tertiary/aromatic N) is 1. The first-order valence-corrected chi connectivity index (χ1v) is 10.8. The van der Waals surface area contributed by atoms with Gasteiger partial charge in [-0.25, -0.2) is 14.2 Å². The molecule has 1 atom stereocenters. The zero-order chi connectivity index (χ0) is 22.8. The van der Waals surface area contributed by atoms with E-state index in [1.165, 1.54) is 12.1 Å². The van der Waals surface area contributed by atoms with Gasteiger partial charge < -0.3 is 15.2 Å². The van der Waals surface area contributed by atoms with Gasteiger partial charge in [0.2, 0.25) is 0 Å². The van der Waals surface area contributed by atoms with Crippen LogP contribution in [0.4, 0.5) is 9.18 Å². The summed E-state index contributed by atoms with van der Waals surface area (Å²) in [4.78, 5) is 17.2. The summed E-state index contributed by atoms with van der Waals surface area (Å²) in [7, 11) is 0. The van der Waals surface area contributed by atoms with Gasteiger partial charge in [-0.3, -0.25) is 0 Å². The summed E-state index contributed by atoms with van der Waals surface area (Å²) in [5.41, 5.74) is 1.95. The number of amides is 1. The van der Waals surface area contributed by atoms with Crippen LogP contribution in [0.5, 0.6) is 0 Å². The van der Waals surface area contributed by atoms with Crippen molar-refractivity contribution in [2.24, 2.45) is 0 Å². The molecule has 5 nitrogen and oxygen atoms in total. The maximum Gasteiger partial charge on any atom is 0.408 e. The lowest BCUT2D eigenvalue weighted by atomic mass is 9.93. The Balaban J connectivity index is 1.61. The van der Waals surface area contributed by atoms with Gasteiger partial charge in [-0.15, -0.1) is 0 Å². The predicted octanol–water partition coefficient (Wildman–Crippen LogP) is 5.42. The van der Waals surface area contributed by atoms with Crippen molar-refractivity contribution >= 4 is 6.09 Å². The van der Waals surface area contributed by atoms with E-state index in [-0.39, 0.29) is 12.4 Å². The molecule has 2 N–H and O–H groups in total. The van der Waals surface area contributed by atoms with Gasteiger partial charge in [0.15, 0.2) is 0 Å². The number of hydrogen-bond acceptors (Lipinski definition) is 4. The first-order valence-electron chi connectivity index (χ1n) is 10.8. The van der Waals surface area contributed by atoms with Crippen LogP contribution in [0.25, 0.3) is 11.3 Å². The van der Waals surface area contributed by atoms with Crippen molar-refractivity contribution in [3.63, 3.8) is 0 Å². The summed E-state index contributed by atoms with van der Waals surface area (Å²) in [5.74, 6) is -0.327. The smallest absolute Gasteiger partial charge is 0.408 e. The molecule has 2 aromatic carbocycles. The third-order valence-corrected chi connectivity index (χ3v) is 6.06. The molecule has 1 aliphatic rings. The molecule has 1 aromatic heterocycles. The quantitative estimate of drug-likeness (QED) is 0.521. The Morgan fingerprint density at radius 3 is 2.47 bits per heavy atom. The molecule has 1 saturated carbocycles. The summed E-state index contributed by atoms with van der Waals surface area (Å²) in [6, 6.07) is 19.3. The molecule has 32 heavy (non-hydrogen) atoms. The monoisotopic (exact) mass is 434 g/mol. The minimum Gasteiger partial charge on any atom is -0.445 e. The highest BCUT2D eigenvalue weighted by atomic mass is 19.1. The Morgan fingerprint density at radius 1 is 1.16 bits per heavy atom. The fraction of sp³-hybridized carbons (Fsp3) is 0.308. The number of carbonyl (C=O) groups excluding carboxylic acids is 1. The van der Waals surface area contributed by atoms with Crippen molar-refractivity contribution < 1.29 is 19.0 Å². The van der Waals surface area contributed by atoms with E-state index in [1.807, 2.05) is 49.4 Å². The third kappa shape index (κ3) is 4.81. The molecule has 1 heterocycles. The number of benzene rings is 2. The van der Waals surface area contributed by atoms with Gasteiger partial charge in [0.1, 0.15) is 18.0 Å². The van der Waals surface area contributed by atoms with E-state index in [2.05, 4.69) is 10.3 Å². The second-order valence-electron chi connectivity index (χ2n) is 8.53. The number of alkyl carbamates (subject to hydrolysis) is 1. The van der Waals surface area contributed by atoms with Gasteiger partial charge >= 0.3 is 6.09 Å². The van der Waals surface area contributed by atoms with E-state index >= 15 is 0 Å². The molecule has 3 aromatic rings. The zero-order valence-corrected chi connectivity index (χ0v) is 18.3. The number of ether oxygens (including phenoxy) is 1. The second-order valence-corrected chi connectivity index (χ2v) is 8.53. The summed E-state index contributed by atoms with van der Waals surface area (Å²) in [6.45, 7) is 3.79. The number of carbonyl (C=O) groups is 1. The van der Waals surface area contributed by atoms with Gasteiger partial charge in [-0.1, -0.05) is 37.3 Å². The minimum absolute atomic E-state index is 0.190. The molecule has 0 aliphatic heterocycles. The second kappa shape index (κ2) is 8.71. The Labute approximate surface area is 187 Å². The maximum atomic E-state index is 13.4. The molecule has 166 valence electrons. The van der Waals surface area contributed by atoms with Crippen LogP contribution in [-0.4, -0.2) is 16.2 Å². The normalized spacial score (nSPS) is 16.1. The summed E-state index contributed by atoms with van der Waals surface area (Å²) >= 11 is 0. The molecule has 0 bridgehead atoms. The van der Waals surface area contributed by atoms with Gasteiger partial charge in [0.05, 0.1) is 16.9 Å². The number of hydrogen-bond donors (Lipinski definition) is 2. The highest BCUT2D eigenvalue weighted by Gasteiger charge is 2.47. The third-order valence-electron chi connectivity index (χ3n) is 6.06. The van der Waals surface area contributed by atoms with Crippen molar-refractivity contribution in [3.8, 4) is 11.3 Å². The van der Waals surface area contributed by atoms with Crippen LogP contribution >= 0.6 is 0 Å². The molecule has 1 amide bonds. The number of rotatable bonds is 7. The number of halogens is 1. The highest BCUT2D eigenvalue weighted by molar-refractivity contribution is 5.70. The fourth-order valence-electron chi connectivity index (χ4n) is 3.60. The first kappa shape index (κ1) is 22.0. The van der Waals surface area contributed by atoms with Crippen molar-refractivity contribution in [2.45, 2.75) is 50.9 Å². The fourth-order valence-corrected chi connectivity index (χ4v) is 3.60. The van der Waals surface area contributed by atoms with E-state index in [0.717, 1.165) is 29.5 Å². The van der Waals surface area contributed by atoms with E-state index in [1.54, 1.807) is 19.1 Å². The molecule has 4 rings (SSSR count). The molecule has 1 unspecified atom stereocenters. The number of pyridine rings is 1. The molecular formula is C26H27FN2O3. The average Bonchev–Trinajstić information content (AvgIpc) is 3.59. The molecule has 6 heteroatoms. The van der Waals surface area contributed by atoms with E-state index in [9.17, 15) is 14.3 Å². The SMILES string of the molecule is CCC(C)(O)c1cc(C2(NC(=O)OCc3ccccc3)CC2)cc(-c2ccc(F)cc2)n1. The first-order chi connectivity index (χ1) is 15.3. The molecule has 0 saturated heterocycles. The predicted molar refractivity (Wildman–Crippen MR) is 120 cm³/mol. The highest BCUT2D eigenvalue weighted by Crippen LogP contribution is 2.47. The Hall–Kier alpha value is -3.25. The van der Waals surface area contributed by atoms with Crippen LogP contribution in [0.15, 0.2) is 66.7 Å². The van der Waals surface area contributed by atoms with Crippen LogP contribution in [0.1, 0.15) is 49.9 Å². The van der Waals surface area contributed by atoms with E-state index in [0.29, 0.717) is 17.8 Å². The van der Waals surface area contributed by atoms with Crippen LogP contribution in [0.2, 0.25) is 0 Å². The maximum absolute atomic E-state index is 13.4. The van der Waals surface area contributed by atoms with E-state index < -0.39 is 17.2 Å². The van der Waals surface area contributed by atoms with Gasteiger partial charge in [0, 0.05) is 5.56 Å². The van der Waals surface area contributed by atoms with Crippen LogP contribution in [0, 0.1) is 5.82 Å². The number of aliphatic hydroxyl groups is 1. The Kier molecular flexibility index (Phi) is 5.98. The minimum atomic E-state index is -1.13. The zero-order valence-electron chi connectivity index (χ0n) is 18.3. The topological polar surface area (TPSA) is 71.5 Å². The van der Waals surface area contributed by atoms with Crippen LogP contribution < -0.4 is 5.32 Å². The standard InChI is InChI=1S/C26H27FN2O3/c1-3-25(2,31)23-16-20(15-22(28-23)19-9-11-21(27)12-10-19)26(13-14-26)29-24(30)32-17-18-7-5-4-6-8-18/h4-12,15-16,31H,3,13-14,17H2,1-2H3,(H,29,30). The lowest BCUT2D eigenvalue weighted by Crippen LogP contribution is -2.35. The van der Waals surface area contributed by atoms with Crippen molar-refractivity contribution in [1.82, 2.24) is 10.3 Å². The number of nitrogens with one attached hydrogen (secondary N) is 1. The average molecular weight is 435 g/mol. The molecule has 1 fully saturated rings. The lowest BCUT2D eigenvalue weighted by Gasteiger charge is -2.25. The van der Waals surface area contributed by atoms with Gasteiger partial charge in [0.25, 0.3) is 0 Å². The Bertz CT molecular complexity index is 1090. The van der Waals surface area contributed by atoms with Gasteiger partial charge in [-0.05, 0) is 73.7 Å². The molecular weight excluding hydrogens is 407 g/mol. The van der Waals surface area contributed by atoms with Crippen molar-refractivity contribution in [1.29, 1.82) is 0 Å². The summed E-state index contributed by atoms with van der Waals surface area (Å²) in [6.07, 6.45) is 1.50. The van der Waals surface area contributed by atoms with Crippen LogP contribution in [-0.2, 0) is 22.5 Å². The Morgan fingerprint density at radius 2 is 1.84 bits per heavy atom. The van der Waals surface area contributed by atoms with E-state index in [4.69, 9.17) is 4.74 Å². The van der Waals surface area contributed by atoms with Crippen molar-refractivity contribution in [2.75, 3.05) is 0 Å². The number of aromatic nitrogens is 1. The van der Waals surface area contributed by atoms with Crippen molar-refractivity contribution in [3.05, 3.63) is 89.4 Å². The summed E-state index contributed by atoms with van der Waals surface area (Å²) < 4.78 is 18.8.